The second-order valence-electron chi connectivity index (χ2n) is 14.3. The Morgan fingerprint density at radius 1 is 1.02 bits per heavy atom. The average Bonchev–Trinajstić information content (AvgIpc) is 3.53. The van der Waals surface area contributed by atoms with Crippen LogP contribution >= 0.6 is 0 Å². The second-order valence-corrected chi connectivity index (χ2v) is 18.1. The molecule has 6 rings (SSSR count). The van der Waals surface area contributed by atoms with E-state index >= 15 is 4.11 Å². The minimum atomic E-state index is -3.34. The van der Waals surface area contributed by atoms with E-state index in [1.165, 1.54) is 0 Å². The first-order valence-corrected chi connectivity index (χ1v) is 20.9. The van der Waals surface area contributed by atoms with E-state index in [0.717, 1.165) is 29.0 Å². The summed E-state index contributed by atoms with van der Waals surface area (Å²) >= 11 is 0. The SMILES string of the molecule is CCOc1ccc2c(c1)CC(NCCCCO)C(=O)N2c1cccc(CN2C(=O)[C@@]3(O[C@@H](CCO)[C@H]([Si](C)(C)F)[C@H]3C)c3cc(OC)ccc32)c1. The van der Waals surface area contributed by atoms with Crippen LogP contribution in [0.25, 0.3) is 0 Å². The molecule has 51 heavy (non-hydrogen) atoms. The van der Waals surface area contributed by atoms with Crippen LogP contribution in [0.3, 0.4) is 0 Å². The van der Waals surface area contributed by atoms with Gasteiger partial charge in [-0.1, -0.05) is 19.1 Å². The Balaban J connectivity index is 1.36. The van der Waals surface area contributed by atoms with Crippen molar-refractivity contribution in [2.24, 2.45) is 5.92 Å². The maximum atomic E-state index is 16.0. The number of aliphatic hydroxyl groups excluding tert-OH is 2. The monoisotopic (exact) mass is 719 g/mol. The number of carbonyl (C=O) groups excluding carboxylic acids is 2. The van der Waals surface area contributed by atoms with Gasteiger partial charge in [0.05, 0.1) is 43.8 Å². The van der Waals surface area contributed by atoms with Crippen molar-refractivity contribution >= 4 is 37.3 Å². The van der Waals surface area contributed by atoms with Gasteiger partial charge in [-0.3, -0.25) is 14.5 Å². The molecule has 3 heterocycles. The third kappa shape index (κ3) is 6.80. The summed E-state index contributed by atoms with van der Waals surface area (Å²) in [6.07, 6.45) is 1.53. The number of unbranched alkanes of at least 4 members (excludes halogenated alkanes) is 1. The topological polar surface area (TPSA) is 121 Å². The zero-order valence-corrected chi connectivity index (χ0v) is 31.2. The van der Waals surface area contributed by atoms with Crippen molar-refractivity contribution in [2.45, 2.75) is 82.5 Å². The number of aliphatic hydroxyl groups is 2. The number of carbonyl (C=O) groups is 2. The van der Waals surface area contributed by atoms with E-state index in [1.807, 2.05) is 68.4 Å². The van der Waals surface area contributed by atoms with Crippen LogP contribution < -0.4 is 24.6 Å². The Hall–Kier alpha value is -3.81. The molecule has 3 aliphatic rings. The number of amides is 2. The normalized spacial score (nSPS) is 24.3. The molecule has 5 atom stereocenters. The molecule has 12 heteroatoms. The maximum absolute atomic E-state index is 16.0. The summed E-state index contributed by atoms with van der Waals surface area (Å²) in [5.74, 6) is 0.451. The van der Waals surface area contributed by atoms with Gasteiger partial charge in [-0.2, -0.15) is 0 Å². The summed E-state index contributed by atoms with van der Waals surface area (Å²) in [7, 11) is -1.77. The maximum Gasteiger partial charge on any atom is 0.264 e. The predicted octanol–water partition coefficient (Wildman–Crippen LogP) is 5.75. The van der Waals surface area contributed by atoms with E-state index in [-0.39, 0.29) is 38.0 Å². The quantitative estimate of drug-likeness (QED) is 0.110. The van der Waals surface area contributed by atoms with Crippen molar-refractivity contribution in [3.8, 4) is 11.5 Å². The molecule has 0 bridgehead atoms. The van der Waals surface area contributed by atoms with Crippen LogP contribution in [-0.4, -0.2) is 76.1 Å². The average molecular weight is 720 g/mol. The van der Waals surface area contributed by atoms with Gasteiger partial charge in [0.15, 0.2) is 5.60 Å². The number of benzene rings is 3. The van der Waals surface area contributed by atoms with E-state index in [1.54, 1.807) is 36.1 Å². The first-order valence-electron chi connectivity index (χ1n) is 18.0. The van der Waals surface area contributed by atoms with E-state index in [2.05, 4.69) is 5.32 Å². The number of methoxy groups -OCH3 is 1. The predicted molar refractivity (Wildman–Crippen MR) is 197 cm³/mol. The molecule has 1 fully saturated rings. The Morgan fingerprint density at radius 3 is 2.49 bits per heavy atom. The number of nitrogens with zero attached hydrogens (tertiary/aromatic N) is 2. The van der Waals surface area contributed by atoms with Crippen LogP contribution in [-0.2, 0) is 32.9 Å². The molecule has 1 spiro atoms. The lowest BCUT2D eigenvalue weighted by Crippen LogP contribution is -2.49. The fourth-order valence-corrected chi connectivity index (χ4v) is 10.9. The molecule has 0 saturated carbocycles. The van der Waals surface area contributed by atoms with E-state index in [9.17, 15) is 19.8 Å². The first kappa shape index (κ1) is 37.0. The molecule has 0 aromatic heterocycles. The van der Waals surface area contributed by atoms with Crippen molar-refractivity contribution in [2.75, 3.05) is 43.3 Å². The standard InChI is InChI=1S/C39H50FN3O7Si/c1-6-49-30-13-14-33-27(21-30)22-32(41-17-7-8-18-44)37(46)43(33)28-11-9-10-26(20-28)24-42-34-15-12-29(48-3)23-31(34)39(38(42)47)25(2)36(51(4,5)40)35(50-39)16-19-45/h9-15,20-21,23,25,32,35-36,41,44-45H,6-8,16-19,22,24H2,1-5H3/t25-,32?,35+,36-,39+/m1/s1. The molecular weight excluding hydrogens is 670 g/mol. The van der Waals surface area contributed by atoms with Crippen molar-refractivity contribution in [3.05, 3.63) is 77.4 Å². The molecule has 0 radical (unpaired) electrons. The van der Waals surface area contributed by atoms with Crippen LogP contribution in [0.15, 0.2) is 60.7 Å². The fraction of sp³-hybridized carbons (Fsp3) is 0.487. The van der Waals surface area contributed by atoms with Crippen molar-refractivity contribution in [1.29, 1.82) is 0 Å². The summed E-state index contributed by atoms with van der Waals surface area (Å²) in [6.45, 7) is 8.35. The van der Waals surface area contributed by atoms with Crippen LogP contribution in [0.2, 0.25) is 18.6 Å². The molecule has 1 unspecified atom stereocenters. The minimum Gasteiger partial charge on any atom is -0.497 e. The van der Waals surface area contributed by atoms with Gasteiger partial charge < -0.3 is 38.7 Å². The Labute approximate surface area is 300 Å². The van der Waals surface area contributed by atoms with Gasteiger partial charge in [0, 0.05) is 35.9 Å². The molecule has 1 saturated heterocycles. The number of hydrogen-bond acceptors (Lipinski definition) is 8. The number of halogens is 1. The third-order valence-corrected chi connectivity index (χ3v) is 13.1. The third-order valence-electron chi connectivity index (χ3n) is 10.6. The van der Waals surface area contributed by atoms with Gasteiger partial charge in [-0.05, 0) is 112 Å². The highest BCUT2D eigenvalue weighted by atomic mass is 28.4. The molecule has 10 nitrogen and oxygen atoms in total. The molecule has 2 amide bonds. The van der Waals surface area contributed by atoms with Gasteiger partial charge >= 0.3 is 0 Å². The summed E-state index contributed by atoms with van der Waals surface area (Å²) < 4.78 is 34.0. The Bertz CT molecular complexity index is 1750. The molecule has 3 aromatic carbocycles. The number of anilines is 3. The number of fused-ring (bicyclic) bond motifs is 3. The lowest BCUT2D eigenvalue weighted by molar-refractivity contribution is -0.146. The number of nitrogens with one attached hydrogen (secondary N) is 1. The summed E-state index contributed by atoms with van der Waals surface area (Å²) in [6, 6.07) is 18.4. The molecule has 3 aromatic rings. The molecule has 3 aliphatic heterocycles. The highest BCUT2D eigenvalue weighted by Crippen LogP contribution is 2.60. The van der Waals surface area contributed by atoms with Gasteiger partial charge in [0.1, 0.15) is 11.5 Å². The number of hydrogen-bond donors (Lipinski definition) is 3. The summed E-state index contributed by atoms with van der Waals surface area (Å²) in [4.78, 5) is 32.4. The lowest BCUT2D eigenvalue weighted by Gasteiger charge is -2.35. The Morgan fingerprint density at radius 2 is 1.78 bits per heavy atom. The van der Waals surface area contributed by atoms with Gasteiger partial charge in [0.2, 0.25) is 14.3 Å². The van der Waals surface area contributed by atoms with Crippen molar-refractivity contribution in [1.82, 2.24) is 5.32 Å². The van der Waals surface area contributed by atoms with Gasteiger partial charge in [0.25, 0.3) is 5.91 Å². The highest BCUT2D eigenvalue weighted by Gasteiger charge is 2.66. The first-order chi connectivity index (χ1) is 24.5. The zero-order chi connectivity index (χ0) is 36.5. The van der Waals surface area contributed by atoms with E-state index in [0.29, 0.717) is 48.7 Å². The molecule has 0 aliphatic carbocycles. The minimum absolute atomic E-state index is 0.0893. The lowest BCUT2D eigenvalue weighted by atomic mass is 9.82. The van der Waals surface area contributed by atoms with Crippen LogP contribution in [0.4, 0.5) is 21.2 Å². The largest absolute Gasteiger partial charge is 0.497 e. The Kier molecular flexibility index (Phi) is 10.9. The molecule has 3 N–H and O–H groups in total. The second kappa shape index (κ2) is 15.0. The number of ether oxygens (including phenoxy) is 3. The molecule has 274 valence electrons. The zero-order valence-electron chi connectivity index (χ0n) is 30.2. The van der Waals surface area contributed by atoms with Gasteiger partial charge in [-0.15, -0.1) is 0 Å². The smallest absolute Gasteiger partial charge is 0.264 e. The van der Waals surface area contributed by atoms with Crippen molar-refractivity contribution in [3.63, 3.8) is 0 Å². The summed E-state index contributed by atoms with van der Waals surface area (Å²) in [5.41, 5.74) is 2.58. The van der Waals surface area contributed by atoms with Crippen LogP contribution in [0.1, 0.15) is 49.8 Å². The van der Waals surface area contributed by atoms with Crippen LogP contribution in [0, 0.1) is 5.92 Å². The van der Waals surface area contributed by atoms with E-state index < -0.39 is 37.6 Å². The van der Waals surface area contributed by atoms with Crippen LogP contribution in [0.5, 0.6) is 11.5 Å². The molecular formula is C39H50FN3O7Si. The highest BCUT2D eigenvalue weighted by molar-refractivity contribution is 6.72. The van der Waals surface area contributed by atoms with Gasteiger partial charge in [-0.25, -0.2) is 0 Å². The fourth-order valence-electron chi connectivity index (χ4n) is 8.40. The summed E-state index contributed by atoms with van der Waals surface area (Å²) in [5, 5.41) is 22.5. The number of rotatable bonds is 14. The van der Waals surface area contributed by atoms with E-state index in [4.69, 9.17) is 14.2 Å². The van der Waals surface area contributed by atoms with Crippen molar-refractivity contribution < 1.29 is 38.1 Å².